The quantitative estimate of drug-likeness (QED) is 0.767. The van der Waals surface area contributed by atoms with Gasteiger partial charge in [-0.3, -0.25) is 0 Å². The van der Waals surface area contributed by atoms with Crippen molar-refractivity contribution < 1.29 is 4.74 Å². The Balaban J connectivity index is 1.78. The Bertz CT molecular complexity index is 386. The molecule has 2 N–H and O–H groups in total. The van der Waals surface area contributed by atoms with Gasteiger partial charge in [-0.25, -0.2) is 0 Å². The number of hydrogen-bond donors (Lipinski definition) is 1. The molecule has 1 fully saturated rings. The first-order valence-electron chi connectivity index (χ1n) is 6.04. The van der Waals surface area contributed by atoms with E-state index in [9.17, 15) is 0 Å². The lowest BCUT2D eigenvalue weighted by molar-refractivity contribution is 0.186. The highest BCUT2D eigenvalue weighted by molar-refractivity contribution is 5.68. The van der Waals surface area contributed by atoms with Gasteiger partial charge >= 0.3 is 0 Å². The molecule has 0 spiro atoms. The number of hydrogen-bond acceptors (Lipinski definition) is 3. The molecule has 0 aromatic heterocycles. The summed E-state index contributed by atoms with van der Waals surface area (Å²) in [5, 5.41) is 0. The van der Waals surface area contributed by atoms with E-state index in [2.05, 4.69) is 17.0 Å². The van der Waals surface area contributed by atoms with Gasteiger partial charge in [0.25, 0.3) is 0 Å². The predicted molar refractivity (Wildman–Crippen MR) is 65.7 cm³/mol. The van der Waals surface area contributed by atoms with Crippen molar-refractivity contribution >= 4 is 11.4 Å². The zero-order valence-electron chi connectivity index (χ0n) is 9.48. The summed E-state index contributed by atoms with van der Waals surface area (Å²) in [6.07, 6.45) is 2.30. The van der Waals surface area contributed by atoms with E-state index < -0.39 is 0 Å². The maximum Gasteiger partial charge on any atom is 0.0512 e. The zero-order valence-corrected chi connectivity index (χ0v) is 9.48. The SMILES string of the molecule is Nc1cccc2c1CCN2CC1CCOC1. The molecule has 3 heteroatoms. The topological polar surface area (TPSA) is 38.5 Å². The minimum atomic E-state index is 0.701. The molecule has 16 heavy (non-hydrogen) atoms. The summed E-state index contributed by atoms with van der Waals surface area (Å²) in [7, 11) is 0. The highest BCUT2D eigenvalue weighted by Gasteiger charge is 2.25. The number of anilines is 2. The van der Waals surface area contributed by atoms with Gasteiger partial charge in [0.05, 0.1) is 6.61 Å². The second-order valence-corrected chi connectivity index (χ2v) is 4.77. The number of nitrogens with zero attached hydrogens (tertiary/aromatic N) is 1. The van der Waals surface area contributed by atoms with E-state index in [1.807, 2.05) is 6.07 Å². The number of rotatable bonds is 2. The molecule has 2 heterocycles. The van der Waals surface area contributed by atoms with Crippen LogP contribution in [0.3, 0.4) is 0 Å². The molecule has 3 nitrogen and oxygen atoms in total. The van der Waals surface area contributed by atoms with Crippen LogP contribution >= 0.6 is 0 Å². The number of nitrogens with two attached hydrogens (primary N) is 1. The smallest absolute Gasteiger partial charge is 0.0512 e. The lowest BCUT2D eigenvalue weighted by Gasteiger charge is -2.22. The van der Waals surface area contributed by atoms with E-state index >= 15 is 0 Å². The third kappa shape index (κ3) is 1.65. The van der Waals surface area contributed by atoms with Gasteiger partial charge in [0.1, 0.15) is 0 Å². The summed E-state index contributed by atoms with van der Waals surface area (Å²) >= 11 is 0. The van der Waals surface area contributed by atoms with E-state index in [-0.39, 0.29) is 0 Å². The molecule has 0 radical (unpaired) electrons. The molecule has 0 aliphatic carbocycles. The molecule has 0 bridgehead atoms. The van der Waals surface area contributed by atoms with Crippen molar-refractivity contribution in [1.82, 2.24) is 0 Å². The first-order chi connectivity index (χ1) is 7.84. The largest absolute Gasteiger partial charge is 0.398 e. The van der Waals surface area contributed by atoms with Gasteiger partial charge < -0.3 is 15.4 Å². The molecule has 1 atom stereocenters. The minimum absolute atomic E-state index is 0.701. The maximum absolute atomic E-state index is 5.99. The highest BCUT2D eigenvalue weighted by Crippen LogP contribution is 2.33. The fourth-order valence-electron chi connectivity index (χ4n) is 2.76. The summed E-state index contributed by atoms with van der Waals surface area (Å²) in [5.74, 6) is 0.701. The molecule has 0 saturated carbocycles. The van der Waals surface area contributed by atoms with Gasteiger partial charge in [0.2, 0.25) is 0 Å². The summed E-state index contributed by atoms with van der Waals surface area (Å²) < 4.78 is 5.43. The lowest BCUT2D eigenvalue weighted by Crippen LogP contribution is -2.27. The maximum atomic E-state index is 5.99. The van der Waals surface area contributed by atoms with Gasteiger partial charge in [0.15, 0.2) is 0 Å². The van der Waals surface area contributed by atoms with Crippen LogP contribution in [0.2, 0.25) is 0 Å². The minimum Gasteiger partial charge on any atom is -0.398 e. The highest BCUT2D eigenvalue weighted by atomic mass is 16.5. The van der Waals surface area contributed by atoms with E-state index in [0.717, 1.165) is 38.4 Å². The van der Waals surface area contributed by atoms with Crippen molar-refractivity contribution in [3.63, 3.8) is 0 Å². The predicted octanol–water partition coefficient (Wildman–Crippen LogP) is 1.67. The molecule has 86 valence electrons. The molecule has 2 aliphatic heterocycles. The third-order valence-corrected chi connectivity index (χ3v) is 3.66. The third-order valence-electron chi connectivity index (χ3n) is 3.66. The Kier molecular flexibility index (Phi) is 2.48. The second kappa shape index (κ2) is 3.98. The van der Waals surface area contributed by atoms with E-state index in [0.29, 0.717) is 5.92 Å². The molecule has 0 amide bonds. The van der Waals surface area contributed by atoms with Crippen LogP contribution in [-0.2, 0) is 11.2 Å². The molecule has 1 aromatic carbocycles. The fourth-order valence-corrected chi connectivity index (χ4v) is 2.76. The Morgan fingerprint density at radius 1 is 1.44 bits per heavy atom. The number of ether oxygens (including phenoxy) is 1. The molecular weight excluding hydrogens is 200 g/mol. The number of benzene rings is 1. The van der Waals surface area contributed by atoms with E-state index in [4.69, 9.17) is 10.5 Å². The average Bonchev–Trinajstić information content (AvgIpc) is 2.90. The standard InChI is InChI=1S/C13H18N2O/c14-12-2-1-3-13-11(12)4-6-15(13)8-10-5-7-16-9-10/h1-3,10H,4-9,14H2. The van der Waals surface area contributed by atoms with Crippen LogP contribution in [0.25, 0.3) is 0 Å². The Hall–Kier alpha value is -1.22. The van der Waals surface area contributed by atoms with E-state index in [1.54, 1.807) is 0 Å². The fraction of sp³-hybridized carbons (Fsp3) is 0.538. The van der Waals surface area contributed by atoms with Gasteiger partial charge in [-0.05, 0) is 25.0 Å². The van der Waals surface area contributed by atoms with Crippen molar-refractivity contribution in [2.45, 2.75) is 12.8 Å². The summed E-state index contributed by atoms with van der Waals surface area (Å²) in [6, 6.07) is 6.24. The van der Waals surface area contributed by atoms with Gasteiger partial charge in [-0.15, -0.1) is 0 Å². The summed E-state index contributed by atoms with van der Waals surface area (Å²) in [5.41, 5.74) is 9.61. The van der Waals surface area contributed by atoms with Gasteiger partial charge in [-0.2, -0.15) is 0 Å². The Morgan fingerprint density at radius 3 is 3.19 bits per heavy atom. The van der Waals surface area contributed by atoms with Crippen LogP contribution in [0.4, 0.5) is 11.4 Å². The second-order valence-electron chi connectivity index (χ2n) is 4.77. The van der Waals surface area contributed by atoms with Crippen molar-refractivity contribution in [2.24, 2.45) is 5.92 Å². The molecule has 1 unspecified atom stereocenters. The number of nitrogen functional groups attached to an aromatic ring is 1. The average molecular weight is 218 g/mol. The number of fused-ring (bicyclic) bond motifs is 1. The molecule has 1 aromatic rings. The van der Waals surface area contributed by atoms with Crippen molar-refractivity contribution in [1.29, 1.82) is 0 Å². The van der Waals surface area contributed by atoms with Crippen LogP contribution < -0.4 is 10.6 Å². The Labute approximate surface area is 96.2 Å². The molecule has 2 aliphatic rings. The summed E-state index contributed by atoms with van der Waals surface area (Å²) in [6.45, 7) is 4.09. The van der Waals surface area contributed by atoms with Crippen LogP contribution in [0, 0.1) is 5.92 Å². The monoisotopic (exact) mass is 218 g/mol. The van der Waals surface area contributed by atoms with Gasteiger partial charge in [-0.1, -0.05) is 6.07 Å². The normalized spacial score (nSPS) is 23.8. The first-order valence-corrected chi connectivity index (χ1v) is 6.04. The molecule has 1 saturated heterocycles. The molecule has 3 rings (SSSR count). The molecular formula is C13H18N2O. The van der Waals surface area contributed by atoms with Crippen LogP contribution in [0.1, 0.15) is 12.0 Å². The van der Waals surface area contributed by atoms with Gasteiger partial charge in [0, 0.05) is 42.6 Å². The van der Waals surface area contributed by atoms with Crippen LogP contribution in [0.5, 0.6) is 0 Å². The zero-order chi connectivity index (χ0) is 11.0. The van der Waals surface area contributed by atoms with Crippen LogP contribution in [-0.4, -0.2) is 26.3 Å². The lowest BCUT2D eigenvalue weighted by atomic mass is 10.1. The van der Waals surface area contributed by atoms with Crippen LogP contribution in [0.15, 0.2) is 18.2 Å². The van der Waals surface area contributed by atoms with Crippen molar-refractivity contribution in [3.05, 3.63) is 23.8 Å². The first kappa shape index (κ1) is 9.97. The Morgan fingerprint density at radius 2 is 2.38 bits per heavy atom. The summed E-state index contributed by atoms with van der Waals surface area (Å²) in [4.78, 5) is 2.46. The van der Waals surface area contributed by atoms with E-state index in [1.165, 1.54) is 17.7 Å². The van der Waals surface area contributed by atoms with Crippen molar-refractivity contribution in [2.75, 3.05) is 36.9 Å². The van der Waals surface area contributed by atoms with Crippen molar-refractivity contribution in [3.8, 4) is 0 Å².